The largest absolute Gasteiger partial charge is 0.391 e. The molecule has 2 rings (SSSR count). The fourth-order valence-electron chi connectivity index (χ4n) is 2.56. The number of nitrogens with zero attached hydrogens (tertiary/aromatic N) is 1. The molecule has 0 aliphatic carbocycles. The zero-order valence-corrected chi connectivity index (χ0v) is 13.7. The van der Waals surface area contributed by atoms with Gasteiger partial charge in [-0.3, -0.25) is 9.78 Å². The van der Waals surface area contributed by atoms with Crippen molar-refractivity contribution in [3.05, 3.63) is 41.1 Å². The third kappa shape index (κ3) is 4.04. The molecule has 0 aliphatic rings. The Bertz CT molecular complexity index is 680. The van der Waals surface area contributed by atoms with Crippen LogP contribution in [-0.2, 0) is 0 Å². The predicted octanol–water partition coefficient (Wildman–Crippen LogP) is 2.99. The van der Waals surface area contributed by atoms with E-state index in [0.717, 1.165) is 16.5 Å². The van der Waals surface area contributed by atoms with Gasteiger partial charge in [0, 0.05) is 11.9 Å². The van der Waals surface area contributed by atoms with Crippen molar-refractivity contribution in [1.29, 1.82) is 0 Å². The molecule has 1 unspecified atom stereocenters. The van der Waals surface area contributed by atoms with Gasteiger partial charge in [-0.25, -0.2) is 0 Å². The van der Waals surface area contributed by atoms with Crippen molar-refractivity contribution in [2.75, 3.05) is 6.54 Å². The fourth-order valence-corrected chi connectivity index (χ4v) is 2.56. The quantitative estimate of drug-likeness (QED) is 0.892. The highest BCUT2D eigenvalue weighted by Crippen LogP contribution is 2.18. The van der Waals surface area contributed by atoms with Gasteiger partial charge in [-0.2, -0.15) is 0 Å². The third-order valence-electron chi connectivity index (χ3n) is 3.65. The molecule has 4 nitrogen and oxygen atoms in total. The lowest BCUT2D eigenvalue weighted by Gasteiger charge is -2.14. The summed E-state index contributed by atoms with van der Waals surface area (Å²) in [7, 11) is 0. The van der Waals surface area contributed by atoms with Gasteiger partial charge in [0.2, 0.25) is 0 Å². The van der Waals surface area contributed by atoms with Crippen LogP contribution in [0.15, 0.2) is 24.3 Å². The Hall–Kier alpha value is -1.94. The topological polar surface area (TPSA) is 62.2 Å². The Kier molecular flexibility index (Phi) is 5.14. The number of rotatable bonds is 5. The number of aliphatic hydroxyl groups is 1. The van der Waals surface area contributed by atoms with Crippen LogP contribution in [0.25, 0.3) is 10.9 Å². The second-order valence-electron chi connectivity index (χ2n) is 6.31. The summed E-state index contributed by atoms with van der Waals surface area (Å²) < 4.78 is 0. The standard InChI is InChI=1S/C18H24N2O2/c1-11(2)7-15(21)10-19-18(22)16-9-14-8-12(3)5-6-17(14)20-13(16)4/h5-6,8-9,11,15,21H,7,10H2,1-4H3,(H,19,22). The summed E-state index contributed by atoms with van der Waals surface area (Å²) in [5.74, 6) is 0.218. The van der Waals surface area contributed by atoms with Crippen molar-refractivity contribution in [1.82, 2.24) is 10.3 Å². The molecule has 22 heavy (non-hydrogen) atoms. The van der Waals surface area contributed by atoms with Crippen LogP contribution in [0.2, 0.25) is 0 Å². The Morgan fingerprint density at radius 3 is 2.68 bits per heavy atom. The third-order valence-corrected chi connectivity index (χ3v) is 3.65. The number of pyridine rings is 1. The number of nitrogens with one attached hydrogen (secondary N) is 1. The first kappa shape index (κ1) is 16.4. The van der Waals surface area contributed by atoms with Gasteiger partial charge in [0.15, 0.2) is 0 Å². The SMILES string of the molecule is Cc1ccc2nc(C)c(C(=O)NCC(O)CC(C)C)cc2c1. The predicted molar refractivity (Wildman–Crippen MR) is 89.0 cm³/mol. The van der Waals surface area contributed by atoms with E-state index in [1.165, 1.54) is 0 Å². The van der Waals surface area contributed by atoms with Crippen molar-refractivity contribution in [3.63, 3.8) is 0 Å². The molecule has 0 saturated heterocycles. The van der Waals surface area contributed by atoms with E-state index < -0.39 is 6.10 Å². The average molecular weight is 300 g/mol. The first-order valence-electron chi connectivity index (χ1n) is 7.71. The number of hydrogen-bond donors (Lipinski definition) is 2. The second-order valence-corrected chi connectivity index (χ2v) is 6.31. The van der Waals surface area contributed by atoms with Crippen LogP contribution in [-0.4, -0.2) is 28.6 Å². The van der Waals surface area contributed by atoms with Crippen LogP contribution in [0.4, 0.5) is 0 Å². The van der Waals surface area contributed by atoms with Crippen LogP contribution in [0, 0.1) is 19.8 Å². The fraction of sp³-hybridized carbons (Fsp3) is 0.444. The van der Waals surface area contributed by atoms with Gasteiger partial charge in [-0.05, 0) is 44.4 Å². The summed E-state index contributed by atoms with van der Waals surface area (Å²) in [6.45, 7) is 8.21. The molecule has 2 N–H and O–H groups in total. The minimum absolute atomic E-state index is 0.184. The summed E-state index contributed by atoms with van der Waals surface area (Å²) in [4.78, 5) is 16.8. The number of carbonyl (C=O) groups excluding carboxylic acids is 1. The molecule has 1 aromatic carbocycles. The molecule has 0 radical (unpaired) electrons. The maximum absolute atomic E-state index is 12.3. The van der Waals surface area contributed by atoms with Crippen LogP contribution in [0.1, 0.15) is 41.9 Å². The molecular weight excluding hydrogens is 276 g/mol. The van der Waals surface area contributed by atoms with E-state index in [2.05, 4.69) is 10.3 Å². The van der Waals surface area contributed by atoms with Gasteiger partial charge < -0.3 is 10.4 Å². The molecule has 2 aromatic rings. The van der Waals surface area contributed by atoms with E-state index in [9.17, 15) is 9.90 Å². The van der Waals surface area contributed by atoms with Gasteiger partial charge in [-0.15, -0.1) is 0 Å². The van der Waals surface area contributed by atoms with Gasteiger partial charge in [0.05, 0.1) is 22.9 Å². The molecule has 0 fully saturated rings. The Balaban J connectivity index is 2.15. The van der Waals surface area contributed by atoms with Gasteiger partial charge >= 0.3 is 0 Å². The summed E-state index contributed by atoms with van der Waals surface area (Å²) in [6.07, 6.45) is 0.161. The molecule has 0 bridgehead atoms. The smallest absolute Gasteiger partial charge is 0.253 e. The summed E-state index contributed by atoms with van der Waals surface area (Å²) in [5, 5.41) is 13.6. The van der Waals surface area contributed by atoms with Crippen molar-refractivity contribution in [2.45, 2.75) is 40.2 Å². The number of benzene rings is 1. The number of aryl methyl sites for hydroxylation is 2. The average Bonchev–Trinajstić information content (AvgIpc) is 2.43. The Morgan fingerprint density at radius 2 is 2.00 bits per heavy atom. The van der Waals surface area contributed by atoms with Crippen LogP contribution in [0.3, 0.4) is 0 Å². The van der Waals surface area contributed by atoms with Gasteiger partial charge in [0.25, 0.3) is 5.91 Å². The van der Waals surface area contributed by atoms with Gasteiger partial charge in [0.1, 0.15) is 0 Å². The van der Waals surface area contributed by atoms with Crippen LogP contribution < -0.4 is 5.32 Å². The molecule has 1 amide bonds. The highest BCUT2D eigenvalue weighted by molar-refractivity contribution is 5.98. The molecule has 0 aliphatic heterocycles. The van der Waals surface area contributed by atoms with Crippen LogP contribution >= 0.6 is 0 Å². The molecule has 0 saturated carbocycles. The lowest BCUT2D eigenvalue weighted by molar-refractivity contribution is 0.0899. The number of carbonyl (C=O) groups is 1. The molecular formula is C18H24N2O2. The van der Waals surface area contributed by atoms with E-state index in [4.69, 9.17) is 0 Å². The van der Waals surface area contributed by atoms with Crippen molar-refractivity contribution < 1.29 is 9.90 Å². The van der Waals surface area contributed by atoms with Crippen LogP contribution in [0.5, 0.6) is 0 Å². The Labute approximate surface area is 131 Å². The van der Waals surface area contributed by atoms with Crippen molar-refractivity contribution in [3.8, 4) is 0 Å². The number of aromatic nitrogens is 1. The minimum atomic E-state index is -0.514. The first-order valence-corrected chi connectivity index (χ1v) is 7.71. The van der Waals surface area contributed by atoms with E-state index in [0.29, 0.717) is 23.6 Å². The first-order chi connectivity index (χ1) is 10.4. The van der Waals surface area contributed by atoms with Gasteiger partial charge in [-0.1, -0.05) is 25.5 Å². The van der Waals surface area contributed by atoms with E-state index >= 15 is 0 Å². The number of hydrogen-bond acceptors (Lipinski definition) is 3. The highest BCUT2D eigenvalue weighted by Gasteiger charge is 2.14. The van der Waals surface area contributed by atoms with E-state index in [1.54, 1.807) is 0 Å². The molecule has 1 aromatic heterocycles. The zero-order valence-electron chi connectivity index (χ0n) is 13.7. The number of fused-ring (bicyclic) bond motifs is 1. The maximum Gasteiger partial charge on any atom is 0.253 e. The summed E-state index contributed by atoms with van der Waals surface area (Å²) in [6, 6.07) is 7.86. The highest BCUT2D eigenvalue weighted by atomic mass is 16.3. The normalized spacial score (nSPS) is 12.6. The van der Waals surface area contributed by atoms with Crippen molar-refractivity contribution >= 4 is 16.8 Å². The lowest BCUT2D eigenvalue weighted by Crippen LogP contribution is -2.33. The lowest BCUT2D eigenvalue weighted by atomic mass is 10.1. The molecule has 0 spiro atoms. The molecule has 4 heteroatoms. The molecule has 118 valence electrons. The maximum atomic E-state index is 12.3. The number of aliphatic hydroxyl groups excluding tert-OH is 1. The van der Waals surface area contributed by atoms with E-state index in [-0.39, 0.29) is 12.5 Å². The molecule has 1 heterocycles. The van der Waals surface area contributed by atoms with Crippen molar-refractivity contribution in [2.24, 2.45) is 5.92 Å². The Morgan fingerprint density at radius 1 is 1.27 bits per heavy atom. The number of amides is 1. The zero-order chi connectivity index (χ0) is 16.3. The molecule has 1 atom stereocenters. The monoisotopic (exact) mass is 300 g/mol. The van der Waals surface area contributed by atoms with E-state index in [1.807, 2.05) is 52.0 Å². The summed E-state index contributed by atoms with van der Waals surface area (Å²) >= 11 is 0. The second kappa shape index (κ2) is 6.88. The summed E-state index contributed by atoms with van der Waals surface area (Å²) in [5.41, 5.74) is 3.29. The minimum Gasteiger partial charge on any atom is -0.391 e.